The monoisotopic (exact) mass is 346 g/mol. The van der Waals surface area contributed by atoms with Gasteiger partial charge in [-0.25, -0.2) is 0 Å². The Labute approximate surface area is 114 Å². The maximum Gasteiger partial charge on any atom is 0.133 e. The summed E-state index contributed by atoms with van der Waals surface area (Å²) in [5.74, 6) is 1.69. The van der Waals surface area contributed by atoms with Crippen molar-refractivity contribution >= 4 is 31.9 Å². The van der Waals surface area contributed by atoms with Crippen molar-refractivity contribution in [3.63, 3.8) is 0 Å². The van der Waals surface area contributed by atoms with E-state index in [1.807, 2.05) is 6.07 Å². The van der Waals surface area contributed by atoms with Gasteiger partial charge in [0.1, 0.15) is 5.75 Å². The average Bonchev–Trinajstić information content (AvgIpc) is 2.81. The van der Waals surface area contributed by atoms with Crippen molar-refractivity contribution in [2.45, 2.75) is 30.5 Å². The fraction of sp³-hybridized carbons (Fsp3) is 0.538. The highest BCUT2D eigenvalue weighted by atomic mass is 79.9. The number of alkyl halides is 1. The van der Waals surface area contributed by atoms with Crippen LogP contribution in [0, 0.1) is 5.92 Å². The zero-order valence-corrected chi connectivity index (χ0v) is 12.6. The van der Waals surface area contributed by atoms with Crippen LogP contribution in [0.25, 0.3) is 0 Å². The highest BCUT2D eigenvalue weighted by molar-refractivity contribution is 9.10. The fourth-order valence-corrected chi connectivity index (χ4v) is 3.75. The molecule has 0 heterocycles. The van der Waals surface area contributed by atoms with Gasteiger partial charge in [-0.05, 0) is 52.4 Å². The largest absolute Gasteiger partial charge is 0.496 e. The summed E-state index contributed by atoms with van der Waals surface area (Å²) in [7, 11) is 1.70. The molecule has 1 aromatic carbocycles. The van der Waals surface area contributed by atoms with Gasteiger partial charge in [0.2, 0.25) is 0 Å². The fourth-order valence-electron chi connectivity index (χ4n) is 2.38. The number of methoxy groups -OCH3 is 1. The second-order valence-electron chi connectivity index (χ2n) is 4.34. The zero-order valence-electron chi connectivity index (χ0n) is 9.38. The maximum atomic E-state index is 5.24. The van der Waals surface area contributed by atoms with Gasteiger partial charge in [-0.2, -0.15) is 0 Å². The van der Waals surface area contributed by atoms with Crippen molar-refractivity contribution in [2.75, 3.05) is 7.11 Å². The molecule has 0 radical (unpaired) electrons. The third kappa shape index (κ3) is 2.62. The predicted molar refractivity (Wildman–Crippen MR) is 74.3 cm³/mol. The van der Waals surface area contributed by atoms with Crippen molar-refractivity contribution in [2.24, 2.45) is 5.92 Å². The van der Waals surface area contributed by atoms with Crippen LogP contribution in [0.15, 0.2) is 22.7 Å². The van der Waals surface area contributed by atoms with E-state index < -0.39 is 0 Å². The first-order chi connectivity index (χ1) is 7.72. The van der Waals surface area contributed by atoms with Crippen molar-refractivity contribution in [3.05, 3.63) is 28.2 Å². The third-order valence-electron chi connectivity index (χ3n) is 3.31. The van der Waals surface area contributed by atoms with Crippen LogP contribution >= 0.6 is 31.9 Å². The zero-order chi connectivity index (χ0) is 11.5. The third-order valence-corrected chi connectivity index (χ3v) is 5.20. The van der Waals surface area contributed by atoms with Gasteiger partial charge in [-0.3, -0.25) is 0 Å². The second kappa shape index (κ2) is 5.54. The van der Waals surface area contributed by atoms with Crippen LogP contribution in [-0.2, 0) is 0 Å². The van der Waals surface area contributed by atoms with Gasteiger partial charge in [0.25, 0.3) is 0 Å². The number of hydrogen-bond acceptors (Lipinski definition) is 1. The molecule has 1 aliphatic carbocycles. The molecule has 1 saturated carbocycles. The minimum absolute atomic E-state index is 0.484. The lowest BCUT2D eigenvalue weighted by atomic mass is 9.98. The summed E-state index contributed by atoms with van der Waals surface area (Å²) >= 11 is 7.37. The lowest BCUT2D eigenvalue weighted by Gasteiger charge is -2.18. The van der Waals surface area contributed by atoms with Gasteiger partial charge in [0, 0.05) is 4.83 Å². The summed E-state index contributed by atoms with van der Waals surface area (Å²) in [4.78, 5) is 0.484. The predicted octanol–water partition coefficient (Wildman–Crippen LogP) is 5.08. The van der Waals surface area contributed by atoms with Gasteiger partial charge in [0.05, 0.1) is 11.6 Å². The first kappa shape index (κ1) is 12.4. The summed E-state index contributed by atoms with van der Waals surface area (Å²) in [6, 6.07) is 6.35. The molecule has 1 unspecified atom stereocenters. The summed E-state index contributed by atoms with van der Waals surface area (Å²) in [6.07, 6.45) is 5.45. The highest BCUT2D eigenvalue weighted by Gasteiger charge is 2.24. The molecule has 0 amide bonds. The van der Waals surface area contributed by atoms with E-state index in [-0.39, 0.29) is 0 Å². The Kier molecular flexibility index (Phi) is 4.31. The van der Waals surface area contributed by atoms with Crippen molar-refractivity contribution in [1.29, 1.82) is 0 Å². The first-order valence-electron chi connectivity index (χ1n) is 5.70. The second-order valence-corrected chi connectivity index (χ2v) is 6.18. The Morgan fingerprint density at radius 3 is 2.56 bits per heavy atom. The van der Waals surface area contributed by atoms with E-state index >= 15 is 0 Å². The number of hydrogen-bond donors (Lipinski definition) is 0. The van der Waals surface area contributed by atoms with Crippen LogP contribution < -0.4 is 4.74 Å². The molecule has 0 spiro atoms. The van der Waals surface area contributed by atoms with E-state index in [1.165, 1.54) is 31.2 Å². The molecule has 16 heavy (non-hydrogen) atoms. The number of rotatable bonds is 3. The summed E-state index contributed by atoms with van der Waals surface area (Å²) in [6.45, 7) is 0. The van der Waals surface area contributed by atoms with E-state index in [9.17, 15) is 0 Å². The lowest BCUT2D eigenvalue weighted by molar-refractivity contribution is 0.411. The van der Waals surface area contributed by atoms with Gasteiger partial charge in [0.15, 0.2) is 0 Å². The van der Waals surface area contributed by atoms with E-state index in [4.69, 9.17) is 4.74 Å². The summed E-state index contributed by atoms with van der Waals surface area (Å²) < 4.78 is 6.28. The lowest BCUT2D eigenvalue weighted by Crippen LogP contribution is -2.03. The smallest absolute Gasteiger partial charge is 0.133 e. The summed E-state index contributed by atoms with van der Waals surface area (Å²) in [5, 5.41) is 0. The van der Waals surface area contributed by atoms with Crippen molar-refractivity contribution < 1.29 is 4.74 Å². The molecule has 2 rings (SSSR count). The quantitative estimate of drug-likeness (QED) is 0.692. The van der Waals surface area contributed by atoms with Crippen molar-refractivity contribution in [3.8, 4) is 5.75 Å². The van der Waals surface area contributed by atoms with Crippen molar-refractivity contribution in [1.82, 2.24) is 0 Å². The number of halogens is 2. The molecule has 0 saturated heterocycles. The molecule has 1 fully saturated rings. The molecule has 88 valence electrons. The van der Waals surface area contributed by atoms with E-state index in [0.29, 0.717) is 4.83 Å². The molecule has 0 aliphatic heterocycles. The number of benzene rings is 1. The van der Waals surface area contributed by atoms with E-state index in [1.54, 1.807) is 7.11 Å². The molecular formula is C13H16Br2O. The van der Waals surface area contributed by atoms with Crippen LogP contribution in [0.5, 0.6) is 5.75 Å². The molecule has 1 aliphatic rings. The Morgan fingerprint density at radius 1 is 1.31 bits per heavy atom. The van der Waals surface area contributed by atoms with Crippen LogP contribution in [-0.4, -0.2) is 7.11 Å². The normalized spacial score (nSPS) is 18.7. The highest BCUT2D eigenvalue weighted by Crippen LogP contribution is 2.42. The van der Waals surface area contributed by atoms with Gasteiger partial charge in [-0.1, -0.05) is 34.8 Å². The molecule has 1 nitrogen and oxygen atoms in total. The SMILES string of the molecule is COc1ccc(C(Br)C2CCCC2)cc1Br. The molecule has 0 N–H and O–H groups in total. The minimum Gasteiger partial charge on any atom is -0.496 e. The molecule has 1 aromatic rings. The Balaban J connectivity index is 2.16. The Morgan fingerprint density at radius 2 is 2.00 bits per heavy atom. The standard InChI is InChI=1S/C13H16Br2O/c1-16-12-7-6-10(8-11(12)14)13(15)9-4-2-3-5-9/h6-9,13H,2-5H2,1H3. The van der Waals surface area contributed by atoms with Gasteiger partial charge < -0.3 is 4.74 Å². The van der Waals surface area contributed by atoms with Gasteiger partial charge in [-0.15, -0.1) is 0 Å². The molecule has 3 heteroatoms. The van der Waals surface area contributed by atoms with E-state index in [0.717, 1.165) is 16.1 Å². The van der Waals surface area contributed by atoms with Crippen LogP contribution in [0.2, 0.25) is 0 Å². The first-order valence-corrected chi connectivity index (χ1v) is 7.40. The maximum absolute atomic E-state index is 5.24. The van der Waals surface area contributed by atoms with Crippen LogP contribution in [0.3, 0.4) is 0 Å². The number of ether oxygens (including phenoxy) is 1. The Hall–Kier alpha value is -0.0200. The summed E-state index contributed by atoms with van der Waals surface area (Å²) in [5.41, 5.74) is 1.35. The van der Waals surface area contributed by atoms with Crippen LogP contribution in [0.4, 0.5) is 0 Å². The minimum atomic E-state index is 0.484. The van der Waals surface area contributed by atoms with Crippen LogP contribution in [0.1, 0.15) is 36.1 Å². The molecular weight excluding hydrogens is 332 g/mol. The molecule has 0 bridgehead atoms. The molecule has 1 atom stereocenters. The topological polar surface area (TPSA) is 9.23 Å². The van der Waals surface area contributed by atoms with E-state index in [2.05, 4.69) is 44.0 Å². The average molecular weight is 348 g/mol. The molecule has 0 aromatic heterocycles. The Bertz CT molecular complexity index is 359. The van der Waals surface area contributed by atoms with Gasteiger partial charge >= 0.3 is 0 Å².